The van der Waals surface area contributed by atoms with Crippen molar-refractivity contribution in [2.24, 2.45) is 12.8 Å². The van der Waals surface area contributed by atoms with Crippen molar-refractivity contribution in [2.75, 3.05) is 0 Å². The molecule has 0 radical (unpaired) electrons. The molecule has 1 aromatic carbocycles. The second-order valence-corrected chi connectivity index (χ2v) is 5.96. The fourth-order valence-corrected chi connectivity index (χ4v) is 2.68. The molecule has 2 aromatic rings. The summed E-state index contributed by atoms with van der Waals surface area (Å²) in [5, 5.41) is 7.95. The lowest BCUT2D eigenvalue weighted by Crippen LogP contribution is -2.14. The van der Waals surface area contributed by atoms with Gasteiger partial charge in [0.05, 0.1) is 5.69 Å². The van der Waals surface area contributed by atoms with Gasteiger partial charge in [-0.1, -0.05) is 21.1 Å². The Hall–Kier alpha value is -0.470. The van der Waals surface area contributed by atoms with Crippen LogP contribution in [0.2, 0.25) is 0 Å². The summed E-state index contributed by atoms with van der Waals surface area (Å²) in [6, 6.07) is 6.08. The van der Waals surface area contributed by atoms with Gasteiger partial charge in [0.1, 0.15) is 0 Å². The maximum absolute atomic E-state index is 6.20. The molecule has 90 valence electrons. The summed E-state index contributed by atoms with van der Waals surface area (Å²) in [6.45, 7) is 0. The summed E-state index contributed by atoms with van der Waals surface area (Å²) < 4.78 is 3.90. The maximum atomic E-state index is 6.20. The summed E-state index contributed by atoms with van der Waals surface area (Å²) >= 11 is 5.81. The van der Waals surface area contributed by atoms with Crippen LogP contribution in [0.3, 0.4) is 0 Å². The van der Waals surface area contributed by atoms with Crippen LogP contribution >= 0.6 is 38.5 Å². The third kappa shape index (κ3) is 3.26. The van der Waals surface area contributed by atoms with Gasteiger partial charge in [-0.3, -0.25) is 4.68 Å². The van der Waals surface area contributed by atoms with Crippen molar-refractivity contribution in [1.82, 2.24) is 15.0 Å². The van der Waals surface area contributed by atoms with Crippen LogP contribution in [0.5, 0.6) is 0 Å². The Labute approximate surface area is 122 Å². The van der Waals surface area contributed by atoms with Gasteiger partial charge in [-0.15, -0.1) is 5.10 Å². The van der Waals surface area contributed by atoms with Crippen LogP contribution in [-0.2, 0) is 13.5 Å². The lowest BCUT2D eigenvalue weighted by molar-refractivity contribution is 0.691. The molecule has 17 heavy (non-hydrogen) atoms. The monoisotopic (exact) mass is 406 g/mol. The topological polar surface area (TPSA) is 56.7 Å². The lowest BCUT2D eigenvalue weighted by atomic mass is 10.0. The average Bonchev–Trinajstić information content (AvgIpc) is 2.67. The van der Waals surface area contributed by atoms with Crippen molar-refractivity contribution in [3.63, 3.8) is 0 Å². The normalized spacial score (nSPS) is 12.7. The molecule has 1 heterocycles. The van der Waals surface area contributed by atoms with Crippen LogP contribution < -0.4 is 5.73 Å². The molecule has 0 spiro atoms. The smallest absolute Gasteiger partial charge is 0.0845 e. The third-order valence-corrected chi connectivity index (χ3v) is 3.83. The minimum absolute atomic E-state index is 0.0733. The predicted octanol–water partition coefficient (Wildman–Crippen LogP) is 2.42. The number of hydrogen-bond acceptors (Lipinski definition) is 3. The van der Waals surface area contributed by atoms with Gasteiger partial charge < -0.3 is 5.73 Å². The van der Waals surface area contributed by atoms with Crippen LogP contribution in [0.15, 0.2) is 28.9 Å². The third-order valence-electron chi connectivity index (χ3n) is 2.44. The Morgan fingerprint density at radius 2 is 2.29 bits per heavy atom. The molecule has 2 N–H and O–H groups in total. The molecule has 0 saturated heterocycles. The number of aryl methyl sites for hydroxylation is 1. The van der Waals surface area contributed by atoms with Crippen LogP contribution in [0.25, 0.3) is 0 Å². The summed E-state index contributed by atoms with van der Waals surface area (Å²) in [4.78, 5) is 0. The summed E-state index contributed by atoms with van der Waals surface area (Å²) in [7, 11) is 1.85. The van der Waals surface area contributed by atoms with E-state index in [0.717, 1.165) is 15.7 Å². The van der Waals surface area contributed by atoms with Gasteiger partial charge in [0, 0.05) is 33.8 Å². The quantitative estimate of drug-likeness (QED) is 0.796. The number of nitrogens with zero attached hydrogens (tertiary/aromatic N) is 3. The summed E-state index contributed by atoms with van der Waals surface area (Å²) in [5.41, 5.74) is 8.20. The molecular weight excluding hydrogens is 395 g/mol. The summed E-state index contributed by atoms with van der Waals surface area (Å²) in [6.07, 6.45) is 2.58. The number of hydrogen-bond donors (Lipinski definition) is 1. The molecule has 6 heteroatoms. The SMILES string of the molecule is Cn1cc(CC(N)c2cc(I)ccc2Br)nn1. The highest BCUT2D eigenvalue weighted by molar-refractivity contribution is 14.1. The van der Waals surface area contributed by atoms with Crippen molar-refractivity contribution in [1.29, 1.82) is 0 Å². The van der Waals surface area contributed by atoms with Gasteiger partial charge in [-0.25, -0.2) is 0 Å². The first-order chi connectivity index (χ1) is 8.06. The second kappa shape index (κ2) is 5.45. The van der Waals surface area contributed by atoms with E-state index in [-0.39, 0.29) is 6.04 Å². The van der Waals surface area contributed by atoms with E-state index in [1.807, 2.05) is 25.4 Å². The molecule has 0 aliphatic rings. The van der Waals surface area contributed by atoms with Gasteiger partial charge in [0.25, 0.3) is 0 Å². The maximum Gasteiger partial charge on any atom is 0.0845 e. The first kappa shape index (κ1) is 13.0. The molecule has 0 amide bonds. The Kier molecular flexibility index (Phi) is 4.16. The van der Waals surface area contributed by atoms with Crippen molar-refractivity contribution in [2.45, 2.75) is 12.5 Å². The van der Waals surface area contributed by atoms with Crippen LogP contribution in [0.1, 0.15) is 17.3 Å². The van der Waals surface area contributed by atoms with Crippen molar-refractivity contribution in [3.05, 3.63) is 43.7 Å². The molecule has 0 aliphatic carbocycles. The highest BCUT2D eigenvalue weighted by atomic mass is 127. The summed E-state index contributed by atoms with van der Waals surface area (Å²) in [5.74, 6) is 0. The Morgan fingerprint density at radius 3 is 2.94 bits per heavy atom. The Morgan fingerprint density at radius 1 is 1.53 bits per heavy atom. The van der Waals surface area contributed by atoms with Gasteiger partial charge in [0.2, 0.25) is 0 Å². The number of halogens is 2. The minimum atomic E-state index is -0.0733. The molecule has 1 aromatic heterocycles. The van der Waals surface area contributed by atoms with Gasteiger partial charge in [-0.05, 0) is 46.4 Å². The van der Waals surface area contributed by atoms with Crippen molar-refractivity contribution >= 4 is 38.5 Å². The first-order valence-corrected chi connectivity index (χ1v) is 6.99. The van der Waals surface area contributed by atoms with E-state index in [1.165, 1.54) is 3.57 Å². The van der Waals surface area contributed by atoms with Gasteiger partial charge >= 0.3 is 0 Å². The second-order valence-electron chi connectivity index (χ2n) is 3.86. The first-order valence-electron chi connectivity index (χ1n) is 5.12. The molecule has 4 nitrogen and oxygen atoms in total. The zero-order chi connectivity index (χ0) is 12.4. The van der Waals surface area contributed by atoms with Crippen molar-refractivity contribution in [3.8, 4) is 0 Å². The molecule has 0 aliphatic heterocycles. The number of nitrogens with two attached hydrogens (primary N) is 1. The van der Waals surface area contributed by atoms with E-state index in [4.69, 9.17) is 5.73 Å². The molecule has 0 bridgehead atoms. The number of aromatic nitrogens is 3. The molecule has 1 atom stereocenters. The number of rotatable bonds is 3. The zero-order valence-electron chi connectivity index (χ0n) is 9.27. The largest absolute Gasteiger partial charge is 0.324 e. The number of benzene rings is 1. The molecule has 1 unspecified atom stereocenters. The Bertz CT molecular complexity index is 526. The lowest BCUT2D eigenvalue weighted by Gasteiger charge is -2.12. The zero-order valence-corrected chi connectivity index (χ0v) is 13.0. The van der Waals surface area contributed by atoms with Crippen LogP contribution in [0, 0.1) is 3.57 Å². The molecule has 0 saturated carbocycles. The fourth-order valence-electron chi connectivity index (χ4n) is 1.62. The highest BCUT2D eigenvalue weighted by Gasteiger charge is 2.13. The van der Waals surface area contributed by atoms with Gasteiger partial charge in [0.15, 0.2) is 0 Å². The Balaban J connectivity index is 2.19. The molecule has 0 fully saturated rings. The van der Waals surface area contributed by atoms with E-state index >= 15 is 0 Å². The molecule has 2 rings (SSSR count). The van der Waals surface area contributed by atoms with Crippen LogP contribution in [0.4, 0.5) is 0 Å². The fraction of sp³-hybridized carbons (Fsp3) is 0.273. The van der Waals surface area contributed by atoms with Crippen LogP contribution in [-0.4, -0.2) is 15.0 Å². The van der Waals surface area contributed by atoms with E-state index in [0.29, 0.717) is 6.42 Å². The minimum Gasteiger partial charge on any atom is -0.324 e. The highest BCUT2D eigenvalue weighted by Crippen LogP contribution is 2.25. The van der Waals surface area contributed by atoms with Gasteiger partial charge in [-0.2, -0.15) is 0 Å². The average molecular weight is 407 g/mol. The predicted molar refractivity (Wildman–Crippen MR) is 78.5 cm³/mol. The van der Waals surface area contributed by atoms with E-state index in [2.05, 4.69) is 54.9 Å². The molecular formula is C11H12BrIN4. The standard InChI is InChI=1S/C11H12BrIN4/c1-17-6-8(15-16-17)5-11(14)9-4-7(13)2-3-10(9)12/h2-4,6,11H,5,14H2,1H3. The van der Waals surface area contributed by atoms with E-state index < -0.39 is 0 Å². The van der Waals surface area contributed by atoms with E-state index in [9.17, 15) is 0 Å². The van der Waals surface area contributed by atoms with E-state index in [1.54, 1.807) is 4.68 Å². The van der Waals surface area contributed by atoms with Crippen molar-refractivity contribution < 1.29 is 0 Å².